The molecule has 7 heteroatoms. The first-order valence-corrected chi connectivity index (χ1v) is 9.59. The van der Waals surface area contributed by atoms with Crippen LogP contribution in [0.4, 0.5) is 0 Å². The first-order chi connectivity index (χ1) is 13.9. The minimum atomic E-state index is -0.253. The Balaban J connectivity index is 1.34. The number of carbonyl (C=O) groups excluding carboxylic acids is 1. The number of nitrogens with zero attached hydrogens (tertiary/aromatic N) is 3. The third-order valence-corrected chi connectivity index (χ3v) is 4.87. The number of ether oxygens (including phenoxy) is 2. The smallest absolute Gasteiger partial charge is 0.258 e. The van der Waals surface area contributed by atoms with Crippen LogP contribution >= 0.6 is 0 Å². The quantitative estimate of drug-likeness (QED) is 0.697. The average Bonchev–Trinajstić information content (AvgIpc) is 3.33. The number of aromatic nitrogens is 3. The lowest BCUT2D eigenvalue weighted by atomic mass is 10.0. The molecule has 29 heavy (non-hydrogen) atoms. The number of carbonyl (C=O) groups is 1. The van der Waals surface area contributed by atoms with Crippen molar-refractivity contribution in [2.45, 2.75) is 38.8 Å². The van der Waals surface area contributed by atoms with E-state index in [0.717, 1.165) is 29.0 Å². The van der Waals surface area contributed by atoms with E-state index < -0.39 is 0 Å². The Labute approximate surface area is 169 Å². The van der Waals surface area contributed by atoms with Crippen molar-refractivity contribution in [1.82, 2.24) is 20.1 Å². The van der Waals surface area contributed by atoms with Gasteiger partial charge in [0.1, 0.15) is 18.3 Å². The predicted molar refractivity (Wildman–Crippen MR) is 108 cm³/mol. The second-order valence-electron chi connectivity index (χ2n) is 7.79. The zero-order chi connectivity index (χ0) is 20.4. The van der Waals surface area contributed by atoms with Crippen LogP contribution < -0.4 is 14.8 Å². The lowest BCUT2D eigenvalue weighted by Gasteiger charge is -2.18. The molecular weight excluding hydrogens is 368 g/mol. The summed E-state index contributed by atoms with van der Waals surface area (Å²) in [5.41, 5.74) is 2.76. The molecule has 1 aliphatic rings. The Bertz CT molecular complexity index is 997. The van der Waals surface area contributed by atoms with Gasteiger partial charge in [-0.15, -0.1) is 0 Å². The highest BCUT2D eigenvalue weighted by molar-refractivity contribution is 5.78. The Hall–Kier alpha value is -3.35. The zero-order valence-corrected chi connectivity index (χ0v) is 16.8. The van der Waals surface area contributed by atoms with Crippen molar-refractivity contribution in [3.8, 4) is 17.2 Å². The molecule has 0 saturated carbocycles. The predicted octanol–water partition coefficient (Wildman–Crippen LogP) is 3.24. The van der Waals surface area contributed by atoms with Crippen molar-refractivity contribution in [3.63, 3.8) is 0 Å². The molecule has 1 aromatic heterocycles. The Kier molecular flexibility index (Phi) is 4.96. The maximum absolute atomic E-state index is 12.4. The molecule has 0 bridgehead atoms. The van der Waals surface area contributed by atoms with Crippen LogP contribution in [0.1, 0.15) is 37.9 Å². The molecule has 7 nitrogen and oxygen atoms in total. The molecule has 0 aliphatic carbocycles. The second-order valence-corrected chi connectivity index (χ2v) is 7.79. The summed E-state index contributed by atoms with van der Waals surface area (Å²) >= 11 is 0. The van der Waals surface area contributed by atoms with Gasteiger partial charge in [0.05, 0.1) is 11.7 Å². The van der Waals surface area contributed by atoms with E-state index in [1.54, 1.807) is 11.0 Å². The average molecular weight is 392 g/mol. The third-order valence-electron chi connectivity index (χ3n) is 4.87. The summed E-state index contributed by atoms with van der Waals surface area (Å²) in [5, 5.41) is 7.07. The van der Waals surface area contributed by atoms with Crippen LogP contribution in [0.3, 0.4) is 0 Å². The topological polar surface area (TPSA) is 78.3 Å². The number of fused-ring (bicyclic) bond motifs is 1. The Morgan fingerprint density at radius 2 is 2.07 bits per heavy atom. The fraction of sp³-hybridized carbons (Fsp3) is 0.318. The van der Waals surface area contributed by atoms with E-state index in [9.17, 15) is 4.79 Å². The fourth-order valence-corrected chi connectivity index (χ4v) is 3.47. The molecule has 0 fully saturated rings. The van der Waals surface area contributed by atoms with Crippen molar-refractivity contribution >= 4 is 5.91 Å². The van der Waals surface area contributed by atoms with Crippen LogP contribution in [0, 0.1) is 0 Å². The number of para-hydroxylation sites is 1. The van der Waals surface area contributed by atoms with Crippen LogP contribution in [0.2, 0.25) is 0 Å². The lowest BCUT2D eigenvalue weighted by Crippen LogP contribution is -2.31. The van der Waals surface area contributed by atoms with Gasteiger partial charge >= 0.3 is 0 Å². The molecule has 1 N–H and O–H groups in total. The molecule has 0 spiro atoms. The van der Waals surface area contributed by atoms with E-state index in [1.807, 2.05) is 63.2 Å². The van der Waals surface area contributed by atoms with Crippen molar-refractivity contribution in [3.05, 3.63) is 66.2 Å². The van der Waals surface area contributed by atoms with Crippen molar-refractivity contribution < 1.29 is 14.3 Å². The van der Waals surface area contributed by atoms with E-state index in [-0.39, 0.29) is 24.2 Å². The van der Waals surface area contributed by atoms with Crippen LogP contribution in [0.5, 0.6) is 11.5 Å². The monoisotopic (exact) mass is 392 g/mol. The maximum atomic E-state index is 12.4. The third kappa shape index (κ3) is 4.23. The van der Waals surface area contributed by atoms with Crippen molar-refractivity contribution in [1.29, 1.82) is 0 Å². The summed E-state index contributed by atoms with van der Waals surface area (Å²) in [5.74, 6) is 1.16. The molecule has 1 aliphatic heterocycles. The van der Waals surface area contributed by atoms with Gasteiger partial charge < -0.3 is 14.8 Å². The number of hydrogen-bond donors (Lipinski definition) is 1. The second kappa shape index (κ2) is 7.58. The molecule has 2 heterocycles. The van der Waals surface area contributed by atoms with E-state index in [0.29, 0.717) is 5.75 Å². The molecule has 1 amide bonds. The standard InChI is InChI=1S/C22H24N4O3/c1-15(16-7-9-18(10-8-16)26-14-23-13-24-26)25-20(27)12-28-19-6-4-5-17-11-22(2,3)29-21(17)19/h4-10,13-15H,11-12H2,1-3H3,(H,25,27)/t15-/m1/s1. The number of benzene rings is 2. The van der Waals surface area contributed by atoms with Crippen LogP contribution in [0.15, 0.2) is 55.1 Å². The highest BCUT2D eigenvalue weighted by atomic mass is 16.5. The molecule has 2 aromatic carbocycles. The largest absolute Gasteiger partial charge is 0.483 e. The summed E-state index contributed by atoms with van der Waals surface area (Å²) in [6.45, 7) is 5.95. The molecule has 4 rings (SSSR count). The molecule has 0 saturated heterocycles. The van der Waals surface area contributed by atoms with Gasteiger partial charge in [0.2, 0.25) is 0 Å². The van der Waals surface area contributed by atoms with E-state index in [1.165, 1.54) is 6.33 Å². The summed E-state index contributed by atoms with van der Waals surface area (Å²) in [4.78, 5) is 16.3. The Morgan fingerprint density at radius 3 is 2.79 bits per heavy atom. The normalized spacial score (nSPS) is 15.3. The SMILES string of the molecule is C[C@@H](NC(=O)COc1cccc2c1OC(C)(C)C2)c1ccc(-n2cncn2)cc1. The Morgan fingerprint density at radius 1 is 1.28 bits per heavy atom. The van der Waals surface area contributed by atoms with Crippen molar-refractivity contribution in [2.75, 3.05) is 6.61 Å². The van der Waals surface area contributed by atoms with E-state index in [4.69, 9.17) is 9.47 Å². The highest BCUT2D eigenvalue weighted by Gasteiger charge is 2.32. The van der Waals surface area contributed by atoms with Gasteiger partial charge in [0, 0.05) is 12.0 Å². The first kappa shape index (κ1) is 19.0. The number of amides is 1. The van der Waals surface area contributed by atoms with Gasteiger partial charge in [-0.25, -0.2) is 9.67 Å². The minimum absolute atomic E-state index is 0.0678. The summed E-state index contributed by atoms with van der Waals surface area (Å²) < 4.78 is 13.4. The summed E-state index contributed by atoms with van der Waals surface area (Å²) in [7, 11) is 0. The van der Waals surface area contributed by atoms with Gasteiger partial charge in [0.25, 0.3) is 5.91 Å². The van der Waals surface area contributed by atoms with Crippen LogP contribution in [0.25, 0.3) is 5.69 Å². The molecule has 3 aromatic rings. The van der Waals surface area contributed by atoms with Gasteiger partial charge in [-0.05, 0) is 44.5 Å². The lowest BCUT2D eigenvalue weighted by molar-refractivity contribution is -0.123. The van der Waals surface area contributed by atoms with Crippen molar-refractivity contribution in [2.24, 2.45) is 0 Å². The molecule has 1 atom stereocenters. The number of hydrogen-bond acceptors (Lipinski definition) is 5. The van der Waals surface area contributed by atoms with Crippen LogP contribution in [-0.2, 0) is 11.2 Å². The maximum Gasteiger partial charge on any atom is 0.258 e. The number of nitrogens with one attached hydrogen (secondary N) is 1. The highest BCUT2D eigenvalue weighted by Crippen LogP contribution is 2.41. The van der Waals surface area contributed by atoms with E-state index in [2.05, 4.69) is 15.4 Å². The van der Waals surface area contributed by atoms with Gasteiger partial charge in [0.15, 0.2) is 18.1 Å². The van der Waals surface area contributed by atoms with Gasteiger partial charge in [-0.1, -0.05) is 24.3 Å². The van der Waals surface area contributed by atoms with Gasteiger partial charge in [-0.2, -0.15) is 5.10 Å². The fourth-order valence-electron chi connectivity index (χ4n) is 3.47. The minimum Gasteiger partial charge on any atom is -0.483 e. The van der Waals surface area contributed by atoms with Gasteiger partial charge in [-0.3, -0.25) is 4.79 Å². The van der Waals surface area contributed by atoms with E-state index >= 15 is 0 Å². The summed E-state index contributed by atoms with van der Waals surface area (Å²) in [6.07, 6.45) is 3.96. The first-order valence-electron chi connectivity index (χ1n) is 9.59. The molecule has 0 unspecified atom stereocenters. The summed E-state index contributed by atoms with van der Waals surface area (Å²) in [6, 6.07) is 13.4. The number of rotatable bonds is 6. The molecule has 0 radical (unpaired) electrons. The zero-order valence-electron chi connectivity index (χ0n) is 16.8. The van der Waals surface area contributed by atoms with Crippen LogP contribution in [-0.4, -0.2) is 32.9 Å². The molecular formula is C22H24N4O3. The molecule has 150 valence electrons.